The van der Waals surface area contributed by atoms with Gasteiger partial charge < -0.3 is 18.5 Å². The minimum absolute atomic E-state index is 0.229. The first-order chi connectivity index (χ1) is 9.92. The molecule has 0 aliphatic carbocycles. The van der Waals surface area contributed by atoms with Crippen molar-refractivity contribution in [2.24, 2.45) is 0 Å². The zero-order chi connectivity index (χ0) is 13.4. The molecule has 1 aliphatic heterocycles. The Labute approximate surface area is 114 Å². The Morgan fingerprint density at radius 2 is 2.05 bits per heavy atom. The van der Waals surface area contributed by atoms with Gasteiger partial charge >= 0.3 is 0 Å². The topological polar surface area (TPSA) is 62.3 Å². The molecule has 102 valence electrons. The first-order valence-electron chi connectivity index (χ1n) is 6.50. The molecule has 1 aromatic carbocycles. The molecule has 1 saturated heterocycles. The summed E-state index contributed by atoms with van der Waals surface area (Å²) in [7, 11) is 0. The molecule has 4 rings (SSSR count). The van der Waals surface area contributed by atoms with E-state index < -0.39 is 0 Å². The molecule has 0 unspecified atom stereocenters. The Morgan fingerprint density at radius 1 is 1.20 bits per heavy atom. The lowest BCUT2D eigenvalue weighted by molar-refractivity contribution is -0.0514. The van der Waals surface area contributed by atoms with Gasteiger partial charge in [-0.25, -0.2) is 0 Å². The van der Waals surface area contributed by atoms with Crippen LogP contribution in [0.4, 0.5) is 0 Å². The van der Waals surface area contributed by atoms with Gasteiger partial charge in [-0.1, -0.05) is 18.2 Å². The van der Waals surface area contributed by atoms with Crippen molar-refractivity contribution in [2.45, 2.75) is 12.8 Å². The van der Waals surface area contributed by atoms with Gasteiger partial charge in [0.1, 0.15) is 5.69 Å². The first-order valence-corrected chi connectivity index (χ1v) is 6.50. The van der Waals surface area contributed by atoms with Crippen LogP contribution in [0.3, 0.4) is 0 Å². The molecule has 0 saturated carbocycles. The molecule has 0 spiro atoms. The summed E-state index contributed by atoms with van der Waals surface area (Å²) >= 11 is 0. The molecule has 0 amide bonds. The second kappa shape index (κ2) is 4.73. The summed E-state index contributed by atoms with van der Waals surface area (Å²) in [6, 6.07) is 10.2. The lowest BCUT2D eigenvalue weighted by atomic mass is 10.2. The number of aromatic nitrogens is 3. The maximum absolute atomic E-state index is 5.54. The predicted octanol–water partition coefficient (Wildman–Crippen LogP) is 2.06. The van der Waals surface area contributed by atoms with Crippen LogP contribution in [0.1, 0.15) is 0 Å². The lowest BCUT2D eigenvalue weighted by Crippen LogP contribution is -2.17. The fraction of sp³-hybridized carbons (Fsp3) is 0.286. The molecule has 0 radical (unpaired) electrons. The van der Waals surface area contributed by atoms with E-state index >= 15 is 0 Å². The maximum Gasteiger partial charge on any atom is 0.264 e. The summed E-state index contributed by atoms with van der Waals surface area (Å²) in [5.74, 6) is 0.499. The highest BCUT2D eigenvalue weighted by atomic mass is 16.7. The van der Waals surface area contributed by atoms with E-state index in [0.717, 1.165) is 16.6 Å². The quantitative estimate of drug-likeness (QED) is 0.729. The second-order valence-electron chi connectivity index (χ2n) is 4.61. The van der Waals surface area contributed by atoms with Gasteiger partial charge in [0.05, 0.1) is 19.8 Å². The van der Waals surface area contributed by atoms with Crippen molar-refractivity contribution in [2.75, 3.05) is 13.2 Å². The third-order valence-corrected chi connectivity index (χ3v) is 3.41. The largest absolute Gasteiger partial charge is 0.422 e. The van der Waals surface area contributed by atoms with Gasteiger partial charge in [0.15, 0.2) is 6.29 Å². The number of hydrogen-bond acceptors (Lipinski definition) is 5. The van der Waals surface area contributed by atoms with E-state index in [4.69, 9.17) is 13.9 Å². The van der Waals surface area contributed by atoms with Crippen molar-refractivity contribution < 1.29 is 13.9 Å². The van der Waals surface area contributed by atoms with Crippen LogP contribution >= 0.6 is 0 Å². The van der Waals surface area contributed by atoms with Crippen LogP contribution in [0, 0.1) is 0 Å². The monoisotopic (exact) mass is 271 g/mol. The standard InChI is InChI=1S/C14H13N3O3/c1-2-4-11-10(3-1)7-12(14-16-15-9-20-14)17(11)8-13-18-5-6-19-13/h1-4,7,9,13H,5-6,8H2. The molecular formula is C14H13N3O3. The lowest BCUT2D eigenvalue weighted by Gasteiger charge is -2.13. The van der Waals surface area contributed by atoms with Gasteiger partial charge in [0.25, 0.3) is 5.89 Å². The molecular weight excluding hydrogens is 258 g/mol. The Kier molecular flexibility index (Phi) is 2.75. The fourth-order valence-corrected chi connectivity index (χ4v) is 2.53. The van der Waals surface area contributed by atoms with Crippen LogP contribution in [0.5, 0.6) is 0 Å². The Morgan fingerprint density at radius 3 is 2.85 bits per heavy atom. The number of ether oxygens (including phenoxy) is 2. The third kappa shape index (κ3) is 1.90. The summed E-state index contributed by atoms with van der Waals surface area (Å²) in [6.07, 6.45) is 1.10. The Hall–Kier alpha value is -2.18. The van der Waals surface area contributed by atoms with Crippen LogP contribution in [-0.4, -0.2) is 34.3 Å². The highest BCUT2D eigenvalue weighted by Crippen LogP contribution is 2.28. The van der Waals surface area contributed by atoms with E-state index in [1.165, 1.54) is 6.39 Å². The summed E-state index contributed by atoms with van der Waals surface area (Å²) in [5, 5.41) is 8.87. The second-order valence-corrected chi connectivity index (χ2v) is 4.61. The summed E-state index contributed by atoms with van der Waals surface area (Å²) < 4.78 is 18.5. The Bertz CT molecular complexity index is 714. The number of nitrogens with zero attached hydrogens (tertiary/aromatic N) is 3. The van der Waals surface area contributed by atoms with Crippen molar-refractivity contribution in [3.63, 3.8) is 0 Å². The molecule has 0 atom stereocenters. The Balaban J connectivity index is 1.84. The molecule has 3 heterocycles. The zero-order valence-electron chi connectivity index (χ0n) is 10.7. The average Bonchev–Trinajstić information content (AvgIpc) is 3.19. The van der Waals surface area contributed by atoms with Gasteiger partial charge in [-0.05, 0) is 12.1 Å². The van der Waals surface area contributed by atoms with Crippen molar-refractivity contribution in [3.8, 4) is 11.6 Å². The first kappa shape index (κ1) is 11.6. The molecule has 1 fully saturated rings. The molecule has 0 bridgehead atoms. The molecule has 2 aromatic heterocycles. The highest BCUT2D eigenvalue weighted by molar-refractivity contribution is 5.85. The van der Waals surface area contributed by atoms with Crippen LogP contribution < -0.4 is 0 Å². The van der Waals surface area contributed by atoms with Gasteiger partial charge in [-0.2, -0.15) is 0 Å². The summed E-state index contributed by atoms with van der Waals surface area (Å²) in [4.78, 5) is 0. The van der Waals surface area contributed by atoms with E-state index in [9.17, 15) is 0 Å². The van der Waals surface area contributed by atoms with Crippen molar-refractivity contribution >= 4 is 10.9 Å². The molecule has 6 heteroatoms. The van der Waals surface area contributed by atoms with E-state index in [2.05, 4.69) is 26.9 Å². The number of para-hydroxylation sites is 1. The van der Waals surface area contributed by atoms with E-state index in [1.807, 2.05) is 18.2 Å². The minimum Gasteiger partial charge on any atom is -0.422 e. The number of rotatable bonds is 3. The number of benzene rings is 1. The molecule has 3 aromatic rings. The SMILES string of the molecule is c1ccc2c(c1)cc(-c1nnco1)n2CC1OCCO1. The van der Waals surface area contributed by atoms with E-state index in [1.54, 1.807) is 0 Å². The molecule has 0 N–H and O–H groups in total. The van der Waals surface area contributed by atoms with Crippen LogP contribution in [-0.2, 0) is 16.0 Å². The summed E-state index contributed by atoms with van der Waals surface area (Å²) in [5.41, 5.74) is 1.97. The van der Waals surface area contributed by atoms with Crippen molar-refractivity contribution in [3.05, 3.63) is 36.7 Å². The van der Waals surface area contributed by atoms with Gasteiger partial charge in [0, 0.05) is 10.9 Å². The molecule has 6 nitrogen and oxygen atoms in total. The maximum atomic E-state index is 5.54. The predicted molar refractivity (Wildman–Crippen MR) is 70.9 cm³/mol. The van der Waals surface area contributed by atoms with Crippen LogP contribution in [0.25, 0.3) is 22.5 Å². The van der Waals surface area contributed by atoms with Gasteiger partial charge in [-0.15, -0.1) is 10.2 Å². The molecule has 1 aliphatic rings. The third-order valence-electron chi connectivity index (χ3n) is 3.41. The molecule has 20 heavy (non-hydrogen) atoms. The van der Waals surface area contributed by atoms with Crippen LogP contribution in [0.2, 0.25) is 0 Å². The summed E-state index contributed by atoms with van der Waals surface area (Å²) in [6.45, 7) is 1.88. The number of fused-ring (bicyclic) bond motifs is 1. The normalized spacial score (nSPS) is 16.2. The number of hydrogen-bond donors (Lipinski definition) is 0. The average molecular weight is 271 g/mol. The zero-order valence-corrected chi connectivity index (χ0v) is 10.7. The van der Waals surface area contributed by atoms with Crippen LogP contribution in [0.15, 0.2) is 41.1 Å². The minimum atomic E-state index is -0.229. The van der Waals surface area contributed by atoms with Crippen molar-refractivity contribution in [1.29, 1.82) is 0 Å². The van der Waals surface area contributed by atoms with E-state index in [0.29, 0.717) is 25.6 Å². The van der Waals surface area contributed by atoms with Gasteiger partial charge in [0.2, 0.25) is 6.39 Å². The smallest absolute Gasteiger partial charge is 0.264 e. The fourth-order valence-electron chi connectivity index (χ4n) is 2.53. The van der Waals surface area contributed by atoms with Crippen molar-refractivity contribution in [1.82, 2.24) is 14.8 Å². The van der Waals surface area contributed by atoms with Gasteiger partial charge in [-0.3, -0.25) is 0 Å². The highest BCUT2D eigenvalue weighted by Gasteiger charge is 2.21. The van der Waals surface area contributed by atoms with E-state index in [-0.39, 0.29) is 6.29 Å².